The summed E-state index contributed by atoms with van der Waals surface area (Å²) in [6.45, 7) is 0. The summed E-state index contributed by atoms with van der Waals surface area (Å²) in [5.74, 6) is 0. The van der Waals surface area contributed by atoms with Crippen molar-refractivity contribution in [2.24, 2.45) is 0 Å². The molecule has 0 fully saturated rings. The van der Waals surface area contributed by atoms with Crippen LogP contribution in [0.2, 0.25) is 5.28 Å². The second kappa shape index (κ2) is 5.20. The van der Waals surface area contributed by atoms with Gasteiger partial charge in [-0.05, 0) is 41.4 Å². The van der Waals surface area contributed by atoms with E-state index in [0.29, 0.717) is 0 Å². The van der Waals surface area contributed by atoms with Crippen molar-refractivity contribution in [3.05, 3.63) is 66.6 Å². The van der Waals surface area contributed by atoms with Crippen molar-refractivity contribution in [1.82, 2.24) is 24.7 Å². The number of nitrogens with zero attached hydrogens (tertiary/aromatic N) is 5. The molecule has 0 spiro atoms. The molecule has 22 heavy (non-hydrogen) atoms. The van der Waals surface area contributed by atoms with Crippen molar-refractivity contribution in [1.29, 1.82) is 0 Å². The first-order valence-electron chi connectivity index (χ1n) is 6.67. The molecule has 3 heterocycles. The monoisotopic (exact) mass is 307 g/mol. The van der Waals surface area contributed by atoms with E-state index in [-0.39, 0.29) is 5.28 Å². The average Bonchev–Trinajstić information content (AvgIpc) is 2.99. The fourth-order valence-electron chi connectivity index (χ4n) is 2.29. The van der Waals surface area contributed by atoms with Gasteiger partial charge in [0.05, 0.1) is 17.4 Å². The molecule has 0 radical (unpaired) electrons. The van der Waals surface area contributed by atoms with Gasteiger partial charge in [0.2, 0.25) is 5.28 Å². The van der Waals surface area contributed by atoms with E-state index >= 15 is 0 Å². The van der Waals surface area contributed by atoms with Crippen LogP contribution in [0.5, 0.6) is 0 Å². The highest BCUT2D eigenvalue weighted by atomic mass is 35.5. The molecule has 0 aliphatic carbocycles. The topological polar surface area (TPSA) is 56.5 Å². The Kier molecular flexibility index (Phi) is 3.05. The quantitative estimate of drug-likeness (QED) is 0.532. The van der Waals surface area contributed by atoms with Gasteiger partial charge in [-0.2, -0.15) is 5.10 Å². The number of pyridine rings is 1. The summed E-state index contributed by atoms with van der Waals surface area (Å²) in [5, 5.41) is 5.84. The fraction of sp³-hybridized carbons (Fsp3) is 0. The van der Waals surface area contributed by atoms with Crippen molar-refractivity contribution < 1.29 is 0 Å². The van der Waals surface area contributed by atoms with Crippen molar-refractivity contribution in [3.8, 4) is 16.8 Å². The summed E-state index contributed by atoms with van der Waals surface area (Å²) in [7, 11) is 0. The van der Waals surface area contributed by atoms with E-state index in [1.165, 1.54) is 0 Å². The summed E-state index contributed by atoms with van der Waals surface area (Å²) >= 11 is 5.72. The van der Waals surface area contributed by atoms with Crippen LogP contribution in [0.1, 0.15) is 0 Å². The first kappa shape index (κ1) is 12.9. The molecule has 0 bridgehead atoms. The Bertz CT molecular complexity index is 932. The number of hydrogen-bond donors (Lipinski definition) is 0. The zero-order chi connectivity index (χ0) is 14.9. The first-order chi connectivity index (χ1) is 10.8. The van der Waals surface area contributed by atoms with E-state index in [1.807, 2.05) is 35.1 Å². The Morgan fingerprint density at radius 3 is 2.59 bits per heavy atom. The smallest absolute Gasteiger partial charge is 0.222 e. The average molecular weight is 308 g/mol. The molecule has 4 rings (SSSR count). The first-order valence-corrected chi connectivity index (χ1v) is 7.05. The van der Waals surface area contributed by atoms with Crippen LogP contribution in [0.25, 0.3) is 27.7 Å². The van der Waals surface area contributed by atoms with Gasteiger partial charge in [-0.3, -0.25) is 4.98 Å². The minimum Gasteiger partial charge on any atom is -0.262 e. The molecular weight excluding hydrogens is 298 g/mol. The molecule has 0 aliphatic heterocycles. The standard InChI is InChI=1S/C16H10ClN5/c17-16-19-7-13(8-20-16)11-3-4-15-12(6-11)10-22(21-15)14-2-1-5-18-9-14/h1-10H. The van der Waals surface area contributed by atoms with Gasteiger partial charge in [-0.15, -0.1) is 0 Å². The van der Waals surface area contributed by atoms with Crippen molar-refractivity contribution in [3.63, 3.8) is 0 Å². The zero-order valence-electron chi connectivity index (χ0n) is 11.4. The molecule has 5 nitrogen and oxygen atoms in total. The molecule has 0 atom stereocenters. The molecule has 0 unspecified atom stereocenters. The maximum absolute atomic E-state index is 5.72. The second-order valence-corrected chi connectivity index (χ2v) is 5.14. The normalized spacial score (nSPS) is 11.0. The maximum Gasteiger partial charge on any atom is 0.222 e. The lowest BCUT2D eigenvalue weighted by atomic mass is 10.1. The van der Waals surface area contributed by atoms with Gasteiger partial charge in [0.1, 0.15) is 0 Å². The molecular formula is C16H10ClN5. The van der Waals surface area contributed by atoms with Gasteiger partial charge in [-0.1, -0.05) is 6.07 Å². The molecule has 1 aromatic carbocycles. The maximum atomic E-state index is 5.72. The van der Waals surface area contributed by atoms with Gasteiger partial charge in [0.15, 0.2) is 0 Å². The van der Waals surface area contributed by atoms with E-state index in [4.69, 9.17) is 11.6 Å². The Balaban J connectivity index is 1.80. The Labute approximate surface area is 131 Å². The van der Waals surface area contributed by atoms with E-state index in [0.717, 1.165) is 27.7 Å². The minimum atomic E-state index is 0.245. The Hall–Kier alpha value is -2.79. The zero-order valence-corrected chi connectivity index (χ0v) is 12.1. The highest BCUT2D eigenvalue weighted by Crippen LogP contribution is 2.24. The highest BCUT2D eigenvalue weighted by Gasteiger charge is 2.06. The molecule has 3 aromatic heterocycles. The number of benzene rings is 1. The Morgan fingerprint density at radius 2 is 1.82 bits per heavy atom. The minimum absolute atomic E-state index is 0.245. The summed E-state index contributed by atoms with van der Waals surface area (Å²) in [5.41, 5.74) is 3.79. The van der Waals surface area contributed by atoms with Crippen LogP contribution in [-0.4, -0.2) is 24.7 Å². The fourth-order valence-corrected chi connectivity index (χ4v) is 2.39. The van der Waals surface area contributed by atoms with E-state index in [9.17, 15) is 0 Å². The molecule has 0 saturated heterocycles. The van der Waals surface area contributed by atoms with Gasteiger partial charge in [0.25, 0.3) is 0 Å². The molecule has 0 N–H and O–H groups in total. The number of rotatable bonds is 2. The van der Waals surface area contributed by atoms with Crippen LogP contribution in [0.15, 0.2) is 61.3 Å². The summed E-state index contributed by atoms with van der Waals surface area (Å²) in [6.07, 6.45) is 8.92. The lowest BCUT2D eigenvalue weighted by Gasteiger charge is -2.00. The van der Waals surface area contributed by atoms with Gasteiger partial charge in [0, 0.05) is 35.7 Å². The summed E-state index contributed by atoms with van der Waals surface area (Å²) in [4.78, 5) is 12.1. The van der Waals surface area contributed by atoms with Crippen LogP contribution in [0.4, 0.5) is 0 Å². The summed E-state index contributed by atoms with van der Waals surface area (Å²) in [6, 6.07) is 9.88. The van der Waals surface area contributed by atoms with E-state index in [1.54, 1.807) is 24.8 Å². The predicted octanol–water partition coefficient (Wildman–Crippen LogP) is 3.53. The lowest BCUT2D eigenvalue weighted by Crippen LogP contribution is -1.93. The SMILES string of the molecule is Clc1ncc(-c2ccc3nn(-c4cccnc4)cc3c2)cn1. The number of hydrogen-bond acceptors (Lipinski definition) is 4. The van der Waals surface area contributed by atoms with E-state index in [2.05, 4.69) is 26.1 Å². The number of halogens is 1. The van der Waals surface area contributed by atoms with Crippen molar-refractivity contribution in [2.75, 3.05) is 0 Å². The lowest BCUT2D eigenvalue weighted by molar-refractivity contribution is 0.889. The van der Waals surface area contributed by atoms with Gasteiger partial charge in [-0.25, -0.2) is 14.6 Å². The highest BCUT2D eigenvalue weighted by molar-refractivity contribution is 6.28. The van der Waals surface area contributed by atoms with Crippen molar-refractivity contribution in [2.45, 2.75) is 0 Å². The molecule has 4 aromatic rings. The third-order valence-electron chi connectivity index (χ3n) is 3.37. The third kappa shape index (κ3) is 2.31. The molecule has 106 valence electrons. The van der Waals surface area contributed by atoms with Gasteiger partial charge >= 0.3 is 0 Å². The van der Waals surface area contributed by atoms with Crippen LogP contribution >= 0.6 is 11.6 Å². The van der Waals surface area contributed by atoms with Crippen LogP contribution in [0.3, 0.4) is 0 Å². The summed E-state index contributed by atoms with van der Waals surface area (Å²) < 4.78 is 1.82. The second-order valence-electron chi connectivity index (χ2n) is 4.80. The predicted molar refractivity (Wildman–Crippen MR) is 84.9 cm³/mol. The third-order valence-corrected chi connectivity index (χ3v) is 3.56. The Morgan fingerprint density at radius 1 is 0.955 bits per heavy atom. The van der Waals surface area contributed by atoms with Crippen LogP contribution in [0, 0.1) is 0 Å². The van der Waals surface area contributed by atoms with Crippen molar-refractivity contribution >= 4 is 22.5 Å². The van der Waals surface area contributed by atoms with Gasteiger partial charge < -0.3 is 0 Å². The molecule has 0 amide bonds. The number of aromatic nitrogens is 5. The van der Waals surface area contributed by atoms with Crippen LogP contribution < -0.4 is 0 Å². The number of fused-ring (bicyclic) bond motifs is 1. The van der Waals surface area contributed by atoms with Crippen LogP contribution in [-0.2, 0) is 0 Å². The molecule has 0 aliphatic rings. The van der Waals surface area contributed by atoms with E-state index < -0.39 is 0 Å². The molecule has 0 saturated carbocycles. The molecule has 6 heteroatoms. The largest absolute Gasteiger partial charge is 0.262 e.